The fraction of sp³-hybridized carbons (Fsp3) is 0.333. The van der Waals surface area contributed by atoms with Gasteiger partial charge in [-0.3, -0.25) is 0 Å². The molecule has 0 fully saturated rings. The number of ether oxygens (including phenoxy) is 1. The van der Waals surface area contributed by atoms with Crippen molar-refractivity contribution in [1.82, 2.24) is 4.90 Å². The normalized spacial score (nSPS) is 10.7. The van der Waals surface area contributed by atoms with E-state index in [1.165, 1.54) is 4.88 Å². The van der Waals surface area contributed by atoms with Gasteiger partial charge in [-0.05, 0) is 49.8 Å². The second-order valence-corrected chi connectivity index (χ2v) is 5.64. The summed E-state index contributed by atoms with van der Waals surface area (Å²) in [6.07, 6.45) is 0. The third-order valence-electron chi connectivity index (χ3n) is 2.71. The molecule has 1 heterocycles. The molecular formula is C15H20N2OS. The predicted octanol–water partition coefficient (Wildman–Crippen LogP) is 3.30. The van der Waals surface area contributed by atoms with Crippen LogP contribution in [0, 0.1) is 0 Å². The summed E-state index contributed by atoms with van der Waals surface area (Å²) in [6, 6.07) is 12.3. The van der Waals surface area contributed by atoms with Crippen LogP contribution >= 0.6 is 11.3 Å². The van der Waals surface area contributed by atoms with Gasteiger partial charge in [0, 0.05) is 23.7 Å². The van der Waals surface area contributed by atoms with E-state index >= 15 is 0 Å². The molecule has 102 valence electrons. The Hall–Kier alpha value is -1.52. The maximum absolute atomic E-state index is 5.65. The summed E-state index contributed by atoms with van der Waals surface area (Å²) in [4.78, 5) is 3.45. The Morgan fingerprint density at radius 3 is 2.58 bits per heavy atom. The van der Waals surface area contributed by atoms with Crippen molar-refractivity contribution in [2.24, 2.45) is 0 Å². The van der Waals surface area contributed by atoms with Gasteiger partial charge in [0.25, 0.3) is 0 Å². The molecule has 19 heavy (non-hydrogen) atoms. The summed E-state index contributed by atoms with van der Waals surface area (Å²) >= 11 is 1.77. The molecule has 0 amide bonds. The summed E-state index contributed by atoms with van der Waals surface area (Å²) in [5, 5.41) is 5.49. The van der Waals surface area contributed by atoms with Gasteiger partial charge in [-0.25, -0.2) is 0 Å². The first-order valence-electron chi connectivity index (χ1n) is 6.38. The standard InChI is InChI=1S/C15H20N2OS/c1-17(2)9-10-18-14-7-5-13(6-8-14)16-12-15-4-3-11-19-15/h3-8,11,16H,9-10,12H2,1-2H3. The Morgan fingerprint density at radius 1 is 1.16 bits per heavy atom. The second kappa shape index (κ2) is 7.16. The van der Waals surface area contributed by atoms with Crippen molar-refractivity contribution >= 4 is 17.0 Å². The highest BCUT2D eigenvalue weighted by atomic mass is 32.1. The van der Waals surface area contributed by atoms with E-state index in [4.69, 9.17) is 4.74 Å². The second-order valence-electron chi connectivity index (χ2n) is 4.61. The number of nitrogens with one attached hydrogen (secondary N) is 1. The van der Waals surface area contributed by atoms with Gasteiger partial charge >= 0.3 is 0 Å². The van der Waals surface area contributed by atoms with Gasteiger partial charge in [-0.2, -0.15) is 0 Å². The molecule has 0 aliphatic rings. The van der Waals surface area contributed by atoms with Crippen molar-refractivity contribution in [3.8, 4) is 5.75 Å². The van der Waals surface area contributed by atoms with Crippen LogP contribution in [-0.2, 0) is 6.54 Å². The first-order chi connectivity index (χ1) is 9.24. The van der Waals surface area contributed by atoms with Gasteiger partial charge in [0.1, 0.15) is 12.4 Å². The third kappa shape index (κ3) is 4.93. The van der Waals surface area contributed by atoms with Gasteiger partial charge in [0.05, 0.1) is 0 Å². The molecule has 0 atom stereocenters. The first-order valence-corrected chi connectivity index (χ1v) is 7.26. The van der Waals surface area contributed by atoms with Crippen molar-refractivity contribution in [2.45, 2.75) is 6.54 Å². The summed E-state index contributed by atoms with van der Waals surface area (Å²) in [5.74, 6) is 0.920. The Bertz CT molecular complexity index is 465. The molecular weight excluding hydrogens is 256 g/mol. The molecule has 0 saturated carbocycles. The number of hydrogen-bond donors (Lipinski definition) is 1. The van der Waals surface area contributed by atoms with Crippen LogP contribution in [0.4, 0.5) is 5.69 Å². The van der Waals surface area contributed by atoms with Crippen molar-refractivity contribution in [1.29, 1.82) is 0 Å². The van der Waals surface area contributed by atoms with Crippen LogP contribution in [0.2, 0.25) is 0 Å². The maximum atomic E-state index is 5.65. The number of rotatable bonds is 7. The lowest BCUT2D eigenvalue weighted by molar-refractivity contribution is 0.261. The molecule has 1 aromatic carbocycles. The van der Waals surface area contributed by atoms with Crippen LogP contribution in [0.25, 0.3) is 0 Å². The SMILES string of the molecule is CN(C)CCOc1ccc(NCc2cccs2)cc1. The topological polar surface area (TPSA) is 24.5 Å². The molecule has 0 unspecified atom stereocenters. The Labute approximate surface area is 118 Å². The molecule has 1 N–H and O–H groups in total. The molecule has 4 heteroatoms. The molecule has 0 aliphatic heterocycles. The van der Waals surface area contributed by atoms with Gasteiger partial charge in [-0.1, -0.05) is 6.07 Å². The summed E-state index contributed by atoms with van der Waals surface area (Å²) in [5.41, 5.74) is 1.12. The van der Waals surface area contributed by atoms with Crippen LogP contribution in [0.3, 0.4) is 0 Å². The zero-order valence-electron chi connectivity index (χ0n) is 11.4. The number of nitrogens with zero attached hydrogens (tertiary/aromatic N) is 1. The summed E-state index contributed by atoms with van der Waals surface area (Å²) in [6.45, 7) is 2.52. The van der Waals surface area contributed by atoms with Crippen LogP contribution < -0.4 is 10.1 Å². The molecule has 0 spiro atoms. The lowest BCUT2D eigenvalue weighted by atomic mass is 10.3. The highest BCUT2D eigenvalue weighted by Gasteiger charge is 1.97. The zero-order chi connectivity index (χ0) is 13.5. The van der Waals surface area contributed by atoms with Crippen molar-refractivity contribution in [3.63, 3.8) is 0 Å². The average Bonchev–Trinajstić information content (AvgIpc) is 2.90. The van der Waals surface area contributed by atoms with Gasteiger partial charge in [-0.15, -0.1) is 11.3 Å². The van der Waals surface area contributed by atoms with E-state index in [-0.39, 0.29) is 0 Å². The first kappa shape index (κ1) is 13.9. The largest absolute Gasteiger partial charge is 0.492 e. The van der Waals surface area contributed by atoms with Crippen molar-refractivity contribution < 1.29 is 4.74 Å². The molecule has 2 aromatic rings. The minimum absolute atomic E-state index is 0.717. The van der Waals surface area contributed by atoms with E-state index in [1.807, 2.05) is 26.2 Å². The van der Waals surface area contributed by atoms with Crippen molar-refractivity contribution in [3.05, 3.63) is 46.7 Å². The zero-order valence-corrected chi connectivity index (χ0v) is 12.2. The summed E-state index contributed by atoms with van der Waals surface area (Å²) in [7, 11) is 4.09. The number of hydrogen-bond acceptors (Lipinski definition) is 4. The maximum Gasteiger partial charge on any atom is 0.119 e. The smallest absolute Gasteiger partial charge is 0.119 e. The number of anilines is 1. The highest BCUT2D eigenvalue weighted by Crippen LogP contribution is 2.17. The van der Waals surface area contributed by atoms with Crippen LogP contribution in [0.1, 0.15) is 4.88 Å². The quantitative estimate of drug-likeness (QED) is 0.839. The minimum Gasteiger partial charge on any atom is -0.492 e. The monoisotopic (exact) mass is 276 g/mol. The van der Waals surface area contributed by atoms with E-state index < -0.39 is 0 Å². The minimum atomic E-state index is 0.717. The fourth-order valence-corrected chi connectivity index (χ4v) is 2.26. The number of benzene rings is 1. The molecule has 0 saturated heterocycles. The predicted molar refractivity (Wildman–Crippen MR) is 82.1 cm³/mol. The lowest BCUT2D eigenvalue weighted by Crippen LogP contribution is -2.19. The number of likely N-dealkylation sites (N-methyl/N-ethyl adjacent to an activating group) is 1. The highest BCUT2D eigenvalue weighted by molar-refractivity contribution is 7.09. The Balaban J connectivity index is 1.77. The average molecular weight is 276 g/mol. The van der Waals surface area contributed by atoms with Gasteiger partial charge in [0.2, 0.25) is 0 Å². The van der Waals surface area contributed by atoms with Crippen LogP contribution in [-0.4, -0.2) is 32.1 Å². The van der Waals surface area contributed by atoms with E-state index in [0.29, 0.717) is 0 Å². The van der Waals surface area contributed by atoms with Gasteiger partial charge in [0.15, 0.2) is 0 Å². The molecule has 0 radical (unpaired) electrons. The van der Waals surface area contributed by atoms with E-state index in [2.05, 4.69) is 39.9 Å². The lowest BCUT2D eigenvalue weighted by Gasteiger charge is -2.11. The van der Waals surface area contributed by atoms with Crippen LogP contribution in [0.15, 0.2) is 41.8 Å². The van der Waals surface area contributed by atoms with Crippen molar-refractivity contribution in [2.75, 3.05) is 32.6 Å². The Kier molecular flexibility index (Phi) is 5.24. The molecule has 1 aromatic heterocycles. The fourth-order valence-electron chi connectivity index (χ4n) is 1.62. The molecule has 0 bridgehead atoms. The van der Waals surface area contributed by atoms with E-state index in [9.17, 15) is 0 Å². The molecule has 3 nitrogen and oxygen atoms in total. The molecule has 2 rings (SSSR count). The van der Waals surface area contributed by atoms with Gasteiger partial charge < -0.3 is 15.0 Å². The van der Waals surface area contributed by atoms with E-state index in [1.54, 1.807) is 11.3 Å². The Morgan fingerprint density at radius 2 is 1.95 bits per heavy atom. The third-order valence-corrected chi connectivity index (χ3v) is 3.58. The van der Waals surface area contributed by atoms with E-state index in [0.717, 1.165) is 31.1 Å². The molecule has 0 aliphatic carbocycles. The number of thiophene rings is 1. The summed E-state index contributed by atoms with van der Waals surface area (Å²) < 4.78 is 5.65. The van der Waals surface area contributed by atoms with Crippen LogP contribution in [0.5, 0.6) is 5.75 Å².